The third kappa shape index (κ3) is 2.12. The number of nitrogens with zero attached hydrogens (tertiary/aromatic N) is 4. The van der Waals surface area contributed by atoms with Gasteiger partial charge < -0.3 is 9.47 Å². The van der Waals surface area contributed by atoms with Gasteiger partial charge in [0.05, 0.1) is 19.4 Å². The van der Waals surface area contributed by atoms with Gasteiger partial charge in [0.1, 0.15) is 12.4 Å². The number of ether oxygens (including phenoxy) is 2. The molecule has 0 atom stereocenters. The number of hydrogen-bond acceptors (Lipinski definition) is 5. The van der Waals surface area contributed by atoms with E-state index >= 15 is 0 Å². The molecule has 6 nitrogen and oxygen atoms in total. The number of fused-ring (bicyclic) bond motifs is 1. The standard InChI is InChI=1S/C10H11BrN4O2/c11-10-12-5-8(9-14-13-6-15(9)10)17-7-1-3-16-4-2-7/h5-7H,1-4H2. The van der Waals surface area contributed by atoms with E-state index in [-0.39, 0.29) is 6.10 Å². The average Bonchev–Trinajstić information content (AvgIpc) is 2.84. The van der Waals surface area contributed by atoms with Gasteiger partial charge in [-0.2, -0.15) is 0 Å². The molecular weight excluding hydrogens is 288 g/mol. The summed E-state index contributed by atoms with van der Waals surface area (Å²) in [5, 5.41) is 7.89. The van der Waals surface area contributed by atoms with Crippen LogP contribution in [0.15, 0.2) is 17.3 Å². The molecule has 2 aromatic rings. The van der Waals surface area contributed by atoms with E-state index in [0.717, 1.165) is 26.1 Å². The lowest BCUT2D eigenvalue weighted by atomic mass is 10.1. The van der Waals surface area contributed by atoms with Crippen molar-refractivity contribution >= 4 is 21.6 Å². The van der Waals surface area contributed by atoms with Crippen molar-refractivity contribution in [1.29, 1.82) is 0 Å². The summed E-state index contributed by atoms with van der Waals surface area (Å²) in [7, 11) is 0. The van der Waals surface area contributed by atoms with Crippen molar-refractivity contribution in [1.82, 2.24) is 19.6 Å². The van der Waals surface area contributed by atoms with E-state index in [9.17, 15) is 0 Å². The number of halogens is 1. The SMILES string of the molecule is Brc1ncc(OC2CCOCC2)c2nncn12. The molecule has 0 N–H and O–H groups in total. The molecule has 17 heavy (non-hydrogen) atoms. The summed E-state index contributed by atoms with van der Waals surface area (Å²) >= 11 is 3.33. The lowest BCUT2D eigenvalue weighted by Crippen LogP contribution is -2.26. The zero-order chi connectivity index (χ0) is 11.7. The first kappa shape index (κ1) is 10.9. The number of aromatic nitrogens is 4. The summed E-state index contributed by atoms with van der Waals surface area (Å²) in [6.45, 7) is 1.50. The first-order chi connectivity index (χ1) is 8.34. The van der Waals surface area contributed by atoms with Crippen LogP contribution < -0.4 is 4.74 Å². The Kier molecular flexibility index (Phi) is 2.94. The molecule has 1 aliphatic heterocycles. The van der Waals surface area contributed by atoms with Crippen LogP contribution in [0.25, 0.3) is 5.65 Å². The van der Waals surface area contributed by atoms with Crippen LogP contribution in [0.4, 0.5) is 0 Å². The Morgan fingerprint density at radius 3 is 3.06 bits per heavy atom. The molecule has 1 aliphatic rings. The van der Waals surface area contributed by atoms with Crippen LogP contribution in [-0.2, 0) is 4.74 Å². The van der Waals surface area contributed by atoms with E-state index in [0.29, 0.717) is 16.1 Å². The molecule has 7 heteroatoms. The highest BCUT2D eigenvalue weighted by molar-refractivity contribution is 9.10. The van der Waals surface area contributed by atoms with Crippen LogP contribution in [0.5, 0.6) is 5.75 Å². The van der Waals surface area contributed by atoms with Gasteiger partial charge in [-0.25, -0.2) is 4.98 Å². The molecule has 0 spiro atoms. The Morgan fingerprint density at radius 2 is 2.24 bits per heavy atom. The topological polar surface area (TPSA) is 61.5 Å². The van der Waals surface area contributed by atoms with Crippen molar-refractivity contribution in [3.8, 4) is 5.75 Å². The van der Waals surface area contributed by atoms with E-state index in [1.165, 1.54) is 0 Å². The smallest absolute Gasteiger partial charge is 0.206 e. The Balaban J connectivity index is 1.89. The predicted molar refractivity (Wildman–Crippen MR) is 63.0 cm³/mol. The van der Waals surface area contributed by atoms with Crippen LogP contribution >= 0.6 is 15.9 Å². The third-order valence-electron chi connectivity index (χ3n) is 2.72. The largest absolute Gasteiger partial charge is 0.485 e. The second kappa shape index (κ2) is 4.58. The normalized spacial score (nSPS) is 17.5. The second-order valence-electron chi connectivity index (χ2n) is 3.85. The van der Waals surface area contributed by atoms with Crippen LogP contribution in [-0.4, -0.2) is 38.9 Å². The van der Waals surface area contributed by atoms with Crippen LogP contribution in [0.3, 0.4) is 0 Å². The Bertz CT molecular complexity index is 524. The molecule has 0 saturated carbocycles. The third-order valence-corrected chi connectivity index (χ3v) is 3.30. The summed E-state index contributed by atoms with van der Waals surface area (Å²) < 4.78 is 13.6. The van der Waals surface area contributed by atoms with Gasteiger partial charge in [0, 0.05) is 12.8 Å². The lowest BCUT2D eigenvalue weighted by molar-refractivity contribution is 0.0258. The van der Waals surface area contributed by atoms with E-state index in [4.69, 9.17) is 9.47 Å². The number of rotatable bonds is 2. The summed E-state index contributed by atoms with van der Waals surface area (Å²) in [6.07, 6.45) is 5.24. The molecule has 1 saturated heterocycles. The second-order valence-corrected chi connectivity index (χ2v) is 4.55. The van der Waals surface area contributed by atoms with Gasteiger partial charge >= 0.3 is 0 Å². The molecule has 3 heterocycles. The monoisotopic (exact) mass is 298 g/mol. The van der Waals surface area contributed by atoms with E-state index in [1.807, 2.05) is 0 Å². The summed E-state index contributed by atoms with van der Waals surface area (Å²) in [5.41, 5.74) is 0.679. The molecule has 2 aromatic heterocycles. The van der Waals surface area contributed by atoms with Crippen molar-refractivity contribution in [2.75, 3.05) is 13.2 Å². The van der Waals surface area contributed by atoms with Crippen molar-refractivity contribution in [3.63, 3.8) is 0 Å². The van der Waals surface area contributed by atoms with E-state index in [2.05, 4.69) is 31.1 Å². The molecule has 0 radical (unpaired) electrons. The first-order valence-electron chi connectivity index (χ1n) is 5.43. The fraction of sp³-hybridized carbons (Fsp3) is 0.500. The van der Waals surface area contributed by atoms with Gasteiger partial charge in [0.15, 0.2) is 10.5 Å². The fourth-order valence-corrected chi connectivity index (χ4v) is 2.19. The highest BCUT2D eigenvalue weighted by atomic mass is 79.9. The summed E-state index contributed by atoms with van der Waals surface area (Å²) in [5.74, 6) is 0.664. The summed E-state index contributed by atoms with van der Waals surface area (Å²) in [6, 6.07) is 0. The van der Waals surface area contributed by atoms with Crippen molar-refractivity contribution in [2.45, 2.75) is 18.9 Å². The molecule has 0 aliphatic carbocycles. The maximum Gasteiger partial charge on any atom is 0.206 e. The molecule has 0 aromatic carbocycles. The summed E-state index contributed by atoms with van der Waals surface area (Å²) in [4.78, 5) is 4.19. The molecule has 0 amide bonds. The molecule has 0 unspecified atom stereocenters. The predicted octanol–water partition coefficient (Wildman–Crippen LogP) is 1.44. The average molecular weight is 299 g/mol. The minimum absolute atomic E-state index is 0.173. The fourth-order valence-electron chi connectivity index (χ4n) is 1.83. The quantitative estimate of drug-likeness (QED) is 0.785. The van der Waals surface area contributed by atoms with Gasteiger partial charge in [-0.1, -0.05) is 0 Å². The number of hydrogen-bond donors (Lipinski definition) is 0. The van der Waals surface area contributed by atoms with Crippen molar-refractivity contribution in [2.24, 2.45) is 0 Å². The van der Waals surface area contributed by atoms with Gasteiger partial charge in [-0.3, -0.25) is 4.40 Å². The Morgan fingerprint density at radius 1 is 1.41 bits per heavy atom. The highest BCUT2D eigenvalue weighted by Gasteiger charge is 2.18. The molecular formula is C10H11BrN4O2. The molecule has 90 valence electrons. The van der Waals surface area contributed by atoms with E-state index in [1.54, 1.807) is 16.9 Å². The van der Waals surface area contributed by atoms with Crippen LogP contribution in [0.2, 0.25) is 0 Å². The van der Waals surface area contributed by atoms with E-state index < -0.39 is 0 Å². The first-order valence-corrected chi connectivity index (χ1v) is 6.22. The van der Waals surface area contributed by atoms with Crippen molar-refractivity contribution in [3.05, 3.63) is 17.3 Å². The molecule has 0 bridgehead atoms. The van der Waals surface area contributed by atoms with Crippen LogP contribution in [0, 0.1) is 0 Å². The molecule has 3 rings (SSSR count). The lowest BCUT2D eigenvalue weighted by Gasteiger charge is -2.23. The van der Waals surface area contributed by atoms with Crippen LogP contribution in [0.1, 0.15) is 12.8 Å². The Labute approximate surface area is 106 Å². The van der Waals surface area contributed by atoms with Gasteiger partial charge in [0.2, 0.25) is 5.65 Å². The van der Waals surface area contributed by atoms with Gasteiger partial charge in [-0.15, -0.1) is 10.2 Å². The Hall–Kier alpha value is -1.21. The van der Waals surface area contributed by atoms with Gasteiger partial charge in [-0.05, 0) is 15.9 Å². The zero-order valence-electron chi connectivity index (χ0n) is 9.04. The maximum atomic E-state index is 5.90. The highest BCUT2D eigenvalue weighted by Crippen LogP contribution is 2.23. The van der Waals surface area contributed by atoms with Gasteiger partial charge in [0.25, 0.3) is 0 Å². The molecule has 1 fully saturated rings. The maximum absolute atomic E-state index is 5.90. The zero-order valence-corrected chi connectivity index (χ0v) is 10.6. The minimum atomic E-state index is 0.173. The minimum Gasteiger partial charge on any atom is -0.485 e. The van der Waals surface area contributed by atoms with Crippen molar-refractivity contribution < 1.29 is 9.47 Å².